The first-order valence-electron chi connectivity index (χ1n) is 6.71. The number of aliphatic hydroxyl groups excluding tert-OH is 1. The lowest BCUT2D eigenvalue weighted by molar-refractivity contribution is 0.173. The minimum Gasteiger partial charge on any atom is -0.495 e. The van der Waals surface area contributed by atoms with Gasteiger partial charge in [-0.05, 0) is 30.2 Å². The summed E-state index contributed by atoms with van der Waals surface area (Å²) in [4.78, 5) is 0. The van der Waals surface area contributed by atoms with E-state index in [-0.39, 0.29) is 0 Å². The molecular formula is C17H19ClO3. The first-order valence-corrected chi connectivity index (χ1v) is 7.09. The topological polar surface area (TPSA) is 38.7 Å². The number of rotatable bonds is 5. The van der Waals surface area contributed by atoms with Crippen LogP contribution in [0.25, 0.3) is 0 Å². The predicted molar refractivity (Wildman–Crippen MR) is 84.4 cm³/mol. The molecule has 21 heavy (non-hydrogen) atoms. The fourth-order valence-electron chi connectivity index (χ4n) is 2.34. The van der Waals surface area contributed by atoms with E-state index in [1.165, 1.54) is 7.11 Å². The molecule has 0 heterocycles. The van der Waals surface area contributed by atoms with Gasteiger partial charge >= 0.3 is 0 Å². The average molecular weight is 307 g/mol. The first-order chi connectivity index (χ1) is 10.1. The van der Waals surface area contributed by atoms with Crippen LogP contribution in [0.3, 0.4) is 0 Å². The summed E-state index contributed by atoms with van der Waals surface area (Å²) in [5.41, 5.74) is 2.90. The molecule has 2 rings (SSSR count). The Labute approximate surface area is 130 Å². The quantitative estimate of drug-likeness (QED) is 0.909. The highest BCUT2D eigenvalue weighted by atomic mass is 35.5. The molecule has 1 N–H and O–H groups in total. The van der Waals surface area contributed by atoms with E-state index in [4.69, 9.17) is 21.1 Å². The Balaban J connectivity index is 2.33. The van der Waals surface area contributed by atoms with E-state index in [9.17, 15) is 5.11 Å². The number of aliphatic hydroxyl groups is 1. The summed E-state index contributed by atoms with van der Waals surface area (Å²) in [7, 11) is 3.08. The van der Waals surface area contributed by atoms with Crippen molar-refractivity contribution in [1.82, 2.24) is 0 Å². The predicted octanol–water partition coefficient (Wildman–Crippen LogP) is 3.94. The fourth-order valence-corrected chi connectivity index (χ4v) is 2.66. The number of hydrogen-bond donors (Lipinski definition) is 1. The Morgan fingerprint density at radius 1 is 1.10 bits per heavy atom. The SMILES string of the molecule is COc1ccc(C(O)Cc2ccccc2C)c(OC)c1Cl. The normalized spacial score (nSPS) is 12.0. The molecule has 1 unspecified atom stereocenters. The maximum absolute atomic E-state index is 10.5. The van der Waals surface area contributed by atoms with Gasteiger partial charge in [-0.2, -0.15) is 0 Å². The van der Waals surface area contributed by atoms with E-state index in [1.54, 1.807) is 19.2 Å². The smallest absolute Gasteiger partial charge is 0.147 e. The van der Waals surface area contributed by atoms with Crippen molar-refractivity contribution in [3.05, 3.63) is 58.1 Å². The van der Waals surface area contributed by atoms with Crippen molar-refractivity contribution < 1.29 is 14.6 Å². The lowest BCUT2D eigenvalue weighted by Gasteiger charge is -2.18. The van der Waals surface area contributed by atoms with Crippen molar-refractivity contribution in [3.8, 4) is 11.5 Å². The molecule has 0 fully saturated rings. The van der Waals surface area contributed by atoms with Crippen molar-refractivity contribution in [3.63, 3.8) is 0 Å². The summed E-state index contributed by atoms with van der Waals surface area (Å²) >= 11 is 6.23. The van der Waals surface area contributed by atoms with E-state index >= 15 is 0 Å². The van der Waals surface area contributed by atoms with Crippen LogP contribution in [0.1, 0.15) is 22.8 Å². The third-order valence-corrected chi connectivity index (χ3v) is 3.91. The van der Waals surface area contributed by atoms with Gasteiger partial charge in [0.25, 0.3) is 0 Å². The van der Waals surface area contributed by atoms with Crippen molar-refractivity contribution in [1.29, 1.82) is 0 Å². The van der Waals surface area contributed by atoms with E-state index in [1.807, 2.05) is 31.2 Å². The van der Waals surface area contributed by atoms with Gasteiger partial charge in [-0.1, -0.05) is 35.9 Å². The lowest BCUT2D eigenvalue weighted by atomic mass is 9.97. The molecule has 0 radical (unpaired) electrons. The highest BCUT2D eigenvalue weighted by Gasteiger charge is 2.19. The third kappa shape index (κ3) is 3.31. The van der Waals surface area contributed by atoms with Crippen molar-refractivity contribution in [2.75, 3.05) is 14.2 Å². The van der Waals surface area contributed by atoms with Crippen LogP contribution in [0.2, 0.25) is 5.02 Å². The highest BCUT2D eigenvalue weighted by molar-refractivity contribution is 6.33. The molecule has 2 aromatic carbocycles. The largest absolute Gasteiger partial charge is 0.495 e. The highest BCUT2D eigenvalue weighted by Crippen LogP contribution is 2.40. The zero-order valence-electron chi connectivity index (χ0n) is 12.4. The van der Waals surface area contributed by atoms with Gasteiger partial charge in [0.05, 0.1) is 20.3 Å². The number of hydrogen-bond acceptors (Lipinski definition) is 3. The number of halogens is 1. The summed E-state index contributed by atoms with van der Waals surface area (Å²) in [6, 6.07) is 11.5. The zero-order chi connectivity index (χ0) is 15.4. The van der Waals surface area contributed by atoms with E-state index in [0.29, 0.717) is 28.5 Å². The second-order valence-corrected chi connectivity index (χ2v) is 5.23. The molecule has 4 heteroatoms. The number of methoxy groups -OCH3 is 2. The van der Waals surface area contributed by atoms with Crippen LogP contribution >= 0.6 is 11.6 Å². The van der Waals surface area contributed by atoms with Crippen LogP contribution in [-0.4, -0.2) is 19.3 Å². The molecule has 3 nitrogen and oxygen atoms in total. The molecule has 0 spiro atoms. The van der Waals surface area contributed by atoms with Crippen molar-refractivity contribution in [2.45, 2.75) is 19.4 Å². The van der Waals surface area contributed by atoms with E-state index in [2.05, 4.69) is 0 Å². The van der Waals surface area contributed by atoms with E-state index in [0.717, 1.165) is 11.1 Å². The molecular weight excluding hydrogens is 288 g/mol. The van der Waals surface area contributed by atoms with Gasteiger partial charge in [0, 0.05) is 12.0 Å². The minimum atomic E-state index is -0.690. The minimum absolute atomic E-state index is 0.376. The van der Waals surface area contributed by atoms with Gasteiger partial charge < -0.3 is 14.6 Å². The van der Waals surface area contributed by atoms with Crippen LogP contribution in [0, 0.1) is 6.92 Å². The van der Waals surface area contributed by atoms with Gasteiger partial charge in [-0.3, -0.25) is 0 Å². The molecule has 2 aromatic rings. The summed E-state index contributed by atoms with van der Waals surface area (Å²) < 4.78 is 10.5. The number of ether oxygens (including phenoxy) is 2. The fraction of sp³-hybridized carbons (Fsp3) is 0.294. The molecule has 0 aliphatic carbocycles. The Kier molecular flexibility index (Phi) is 5.10. The monoisotopic (exact) mass is 306 g/mol. The Bertz CT molecular complexity index is 625. The summed E-state index contributed by atoms with van der Waals surface area (Å²) in [6.07, 6.45) is -0.185. The van der Waals surface area contributed by atoms with Gasteiger partial charge in [0.15, 0.2) is 0 Å². The first kappa shape index (κ1) is 15.7. The molecule has 0 aliphatic heterocycles. The van der Waals surface area contributed by atoms with Gasteiger partial charge in [-0.15, -0.1) is 0 Å². The van der Waals surface area contributed by atoms with Gasteiger partial charge in [-0.25, -0.2) is 0 Å². The molecule has 1 atom stereocenters. The van der Waals surface area contributed by atoms with Crippen molar-refractivity contribution in [2.24, 2.45) is 0 Å². The molecule has 0 bridgehead atoms. The third-order valence-electron chi connectivity index (χ3n) is 3.55. The summed E-state index contributed by atoms with van der Waals surface area (Å²) in [6.45, 7) is 2.03. The molecule has 0 saturated heterocycles. The van der Waals surface area contributed by atoms with Crippen LogP contribution in [-0.2, 0) is 6.42 Å². The zero-order valence-corrected chi connectivity index (χ0v) is 13.1. The Hall–Kier alpha value is -1.71. The summed E-state index contributed by atoms with van der Waals surface area (Å²) in [5.74, 6) is 0.984. The van der Waals surface area contributed by atoms with Crippen LogP contribution in [0.5, 0.6) is 11.5 Å². The Morgan fingerprint density at radius 3 is 2.43 bits per heavy atom. The Morgan fingerprint density at radius 2 is 1.81 bits per heavy atom. The molecule has 0 aliphatic rings. The maximum atomic E-state index is 10.5. The second kappa shape index (κ2) is 6.83. The average Bonchev–Trinajstić information content (AvgIpc) is 2.49. The standard InChI is InChI=1S/C17H19ClO3/c1-11-6-4-5-7-12(11)10-14(19)13-8-9-15(20-2)16(18)17(13)21-3/h4-9,14,19H,10H2,1-3H3. The maximum Gasteiger partial charge on any atom is 0.147 e. The molecule has 0 aromatic heterocycles. The lowest BCUT2D eigenvalue weighted by Crippen LogP contribution is -2.06. The van der Waals surface area contributed by atoms with Crippen LogP contribution in [0.4, 0.5) is 0 Å². The second-order valence-electron chi connectivity index (χ2n) is 4.85. The van der Waals surface area contributed by atoms with Gasteiger partial charge in [0.1, 0.15) is 16.5 Å². The van der Waals surface area contributed by atoms with Crippen molar-refractivity contribution >= 4 is 11.6 Å². The number of benzene rings is 2. The molecule has 112 valence electrons. The van der Waals surface area contributed by atoms with Crippen LogP contribution in [0.15, 0.2) is 36.4 Å². The van der Waals surface area contributed by atoms with E-state index < -0.39 is 6.10 Å². The van der Waals surface area contributed by atoms with Gasteiger partial charge in [0.2, 0.25) is 0 Å². The molecule has 0 amide bonds. The van der Waals surface area contributed by atoms with Crippen LogP contribution < -0.4 is 9.47 Å². The summed E-state index contributed by atoms with van der Waals surface area (Å²) in [5, 5.41) is 10.9. The molecule has 0 saturated carbocycles. The number of aryl methyl sites for hydroxylation is 1.